The molecule has 0 spiro atoms. The minimum Gasteiger partial charge on any atom is -0.491 e. The summed E-state index contributed by atoms with van der Waals surface area (Å²) in [6.07, 6.45) is -3.19. The first kappa shape index (κ1) is 14.1. The van der Waals surface area contributed by atoms with Gasteiger partial charge in [0.25, 0.3) is 0 Å². The highest BCUT2D eigenvalue weighted by atomic mass is 19.4. The maximum Gasteiger partial charge on any atom is 0.416 e. The van der Waals surface area contributed by atoms with Gasteiger partial charge < -0.3 is 15.2 Å². The van der Waals surface area contributed by atoms with Gasteiger partial charge in [0.2, 0.25) is 0 Å². The number of rotatable bonds is 3. The van der Waals surface area contributed by atoms with E-state index in [0.29, 0.717) is 31.7 Å². The van der Waals surface area contributed by atoms with Crippen LogP contribution in [-0.4, -0.2) is 30.4 Å². The summed E-state index contributed by atoms with van der Waals surface area (Å²) in [5, 5.41) is 13.3. The molecule has 1 aromatic carbocycles. The van der Waals surface area contributed by atoms with E-state index >= 15 is 0 Å². The molecule has 1 aliphatic rings. The van der Waals surface area contributed by atoms with Gasteiger partial charge >= 0.3 is 6.18 Å². The van der Waals surface area contributed by atoms with E-state index in [1.165, 1.54) is 12.1 Å². The summed E-state index contributed by atoms with van der Waals surface area (Å²) in [4.78, 5) is 0. The van der Waals surface area contributed by atoms with Crippen molar-refractivity contribution in [3.63, 3.8) is 0 Å². The second-order valence-corrected chi connectivity index (χ2v) is 4.79. The number of aliphatic hydroxyl groups is 1. The van der Waals surface area contributed by atoms with Gasteiger partial charge in [-0.1, -0.05) is 0 Å². The third kappa shape index (κ3) is 3.84. The lowest BCUT2D eigenvalue weighted by atomic mass is 9.93. The van der Waals surface area contributed by atoms with Crippen molar-refractivity contribution in [3.05, 3.63) is 29.8 Å². The monoisotopic (exact) mass is 275 g/mol. The molecule has 0 radical (unpaired) electrons. The zero-order valence-corrected chi connectivity index (χ0v) is 10.3. The van der Waals surface area contributed by atoms with Crippen LogP contribution in [-0.2, 0) is 6.18 Å². The lowest BCUT2D eigenvalue weighted by Crippen LogP contribution is -2.45. The van der Waals surface area contributed by atoms with Crippen LogP contribution in [0.5, 0.6) is 5.75 Å². The van der Waals surface area contributed by atoms with E-state index < -0.39 is 17.3 Å². The predicted octanol–water partition coefficient (Wildman–Crippen LogP) is 2.20. The van der Waals surface area contributed by atoms with Crippen molar-refractivity contribution in [2.45, 2.75) is 24.6 Å². The highest BCUT2D eigenvalue weighted by Gasteiger charge is 2.31. The topological polar surface area (TPSA) is 41.5 Å². The van der Waals surface area contributed by atoms with Crippen molar-refractivity contribution in [1.29, 1.82) is 0 Å². The van der Waals surface area contributed by atoms with Crippen molar-refractivity contribution < 1.29 is 23.0 Å². The smallest absolute Gasteiger partial charge is 0.416 e. The zero-order chi connectivity index (χ0) is 13.9. The van der Waals surface area contributed by atoms with Gasteiger partial charge in [-0.15, -0.1) is 0 Å². The number of nitrogens with one attached hydrogen (secondary N) is 1. The molecule has 1 heterocycles. The molecule has 0 saturated carbocycles. The van der Waals surface area contributed by atoms with Gasteiger partial charge in [-0.05, 0) is 50.2 Å². The van der Waals surface area contributed by atoms with Crippen molar-refractivity contribution in [2.24, 2.45) is 0 Å². The summed E-state index contributed by atoms with van der Waals surface area (Å²) in [5.74, 6) is 0.333. The van der Waals surface area contributed by atoms with E-state index in [9.17, 15) is 18.3 Å². The number of ether oxygens (including phenoxy) is 1. The van der Waals surface area contributed by atoms with Crippen LogP contribution in [0.25, 0.3) is 0 Å². The Hall–Kier alpha value is -1.27. The van der Waals surface area contributed by atoms with Gasteiger partial charge in [-0.25, -0.2) is 0 Å². The Morgan fingerprint density at radius 2 is 1.74 bits per heavy atom. The van der Waals surface area contributed by atoms with Gasteiger partial charge in [0.1, 0.15) is 18.0 Å². The first-order valence-electron chi connectivity index (χ1n) is 6.12. The van der Waals surface area contributed by atoms with Gasteiger partial charge in [-0.3, -0.25) is 0 Å². The normalized spacial score (nSPS) is 19.2. The predicted molar refractivity (Wildman–Crippen MR) is 64.0 cm³/mol. The minimum absolute atomic E-state index is 0.0973. The van der Waals surface area contributed by atoms with E-state index in [-0.39, 0.29) is 6.61 Å². The maximum absolute atomic E-state index is 12.4. The summed E-state index contributed by atoms with van der Waals surface area (Å²) in [6, 6.07) is 4.49. The summed E-state index contributed by atoms with van der Waals surface area (Å²) in [7, 11) is 0. The van der Waals surface area contributed by atoms with Crippen LogP contribution in [0.15, 0.2) is 24.3 Å². The Morgan fingerprint density at radius 3 is 2.26 bits per heavy atom. The average molecular weight is 275 g/mol. The summed E-state index contributed by atoms with van der Waals surface area (Å²) in [6.45, 7) is 1.53. The number of halogens is 3. The Balaban J connectivity index is 1.93. The minimum atomic E-state index is -4.34. The van der Waals surface area contributed by atoms with Crippen molar-refractivity contribution >= 4 is 0 Å². The molecule has 1 aliphatic heterocycles. The second kappa shape index (κ2) is 5.38. The van der Waals surface area contributed by atoms with Crippen LogP contribution in [0.3, 0.4) is 0 Å². The summed E-state index contributed by atoms with van der Waals surface area (Å²) in [5.41, 5.74) is -1.60. The van der Waals surface area contributed by atoms with Crippen LogP contribution < -0.4 is 10.1 Å². The molecule has 0 amide bonds. The Kier molecular flexibility index (Phi) is 4.01. The number of piperidine rings is 1. The first-order valence-corrected chi connectivity index (χ1v) is 6.12. The third-order valence-corrected chi connectivity index (χ3v) is 3.22. The van der Waals surface area contributed by atoms with E-state index in [4.69, 9.17) is 4.74 Å². The van der Waals surface area contributed by atoms with Crippen LogP contribution >= 0.6 is 0 Å². The molecule has 2 N–H and O–H groups in total. The Labute approximate surface area is 109 Å². The molecule has 0 unspecified atom stereocenters. The van der Waals surface area contributed by atoms with Crippen LogP contribution in [0.4, 0.5) is 13.2 Å². The van der Waals surface area contributed by atoms with Crippen LogP contribution in [0, 0.1) is 0 Å². The number of benzene rings is 1. The number of alkyl halides is 3. The SMILES string of the molecule is OC1(COc2ccc(C(F)(F)F)cc2)CCNCC1. The van der Waals surface area contributed by atoms with Gasteiger partial charge in [0, 0.05) is 0 Å². The maximum atomic E-state index is 12.4. The lowest BCUT2D eigenvalue weighted by Gasteiger charge is -2.32. The molecule has 0 aromatic heterocycles. The standard InChI is InChI=1S/C13H16F3NO2/c14-13(15,16)10-1-3-11(4-2-10)19-9-12(18)5-7-17-8-6-12/h1-4,17-18H,5-9H2. The Morgan fingerprint density at radius 1 is 1.16 bits per heavy atom. The van der Waals surface area contributed by atoms with Gasteiger partial charge in [0.05, 0.1) is 5.56 Å². The number of hydrogen-bond acceptors (Lipinski definition) is 3. The summed E-state index contributed by atoms with van der Waals surface area (Å²) < 4.78 is 42.5. The van der Waals surface area contributed by atoms with Crippen molar-refractivity contribution in [3.8, 4) is 5.75 Å². The molecular formula is C13H16F3NO2. The molecule has 1 aromatic rings. The van der Waals surface area contributed by atoms with Crippen molar-refractivity contribution in [2.75, 3.05) is 19.7 Å². The molecule has 6 heteroatoms. The molecule has 0 atom stereocenters. The molecule has 1 saturated heterocycles. The van der Waals surface area contributed by atoms with E-state index in [1.54, 1.807) is 0 Å². The van der Waals surface area contributed by atoms with E-state index in [0.717, 1.165) is 12.1 Å². The second-order valence-electron chi connectivity index (χ2n) is 4.79. The quantitative estimate of drug-likeness (QED) is 0.888. The largest absolute Gasteiger partial charge is 0.491 e. The highest BCUT2D eigenvalue weighted by molar-refractivity contribution is 5.28. The first-order chi connectivity index (χ1) is 8.89. The molecule has 19 heavy (non-hydrogen) atoms. The van der Waals surface area contributed by atoms with Gasteiger partial charge in [0.15, 0.2) is 0 Å². The molecule has 0 aliphatic carbocycles. The molecule has 106 valence electrons. The zero-order valence-electron chi connectivity index (χ0n) is 10.3. The number of hydrogen-bond donors (Lipinski definition) is 2. The third-order valence-electron chi connectivity index (χ3n) is 3.22. The fourth-order valence-corrected chi connectivity index (χ4v) is 1.99. The van der Waals surface area contributed by atoms with Crippen LogP contribution in [0.1, 0.15) is 18.4 Å². The van der Waals surface area contributed by atoms with E-state index in [1.807, 2.05) is 0 Å². The average Bonchev–Trinajstić information content (AvgIpc) is 2.37. The molecular weight excluding hydrogens is 259 g/mol. The lowest BCUT2D eigenvalue weighted by molar-refractivity contribution is -0.137. The molecule has 3 nitrogen and oxygen atoms in total. The van der Waals surface area contributed by atoms with Crippen LogP contribution in [0.2, 0.25) is 0 Å². The molecule has 0 bridgehead atoms. The van der Waals surface area contributed by atoms with Gasteiger partial charge in [-0.2, -0.15) is 13.2 Å². The Bertz CT molecular complexity index is 411. The van der Waals surface area contributed by atoms with E-state index in [2.05, 4.69) is 5.32 Å². The fraction of sp³-hybridized carbons (Fsp3) is 0.538. The fourth-order valence-electron chi connectivity index (χ4n) is 1.99. The summed E-state index contributed by atoms with van der Waals surface area (Å²) >= 11 is 0. The molecule has 2 rings (SSSR count). The molecule has 1 fully saturated rings. The van der Waals surface area contributed by atoms with Crippen molar-refractivity contribution in [1.82, 2.24) is 5.32 Å². The highest BCUT2D eigenvalue weighted by Crippen LogP contribution is 2.30.